The number of hydrogen-bond donors (Lipinski definition) is 2. The lowest BCUT2D eigenvalue weighted by Crippen LogP contribution is -2.39. The topological polar surface area (TPSA) is 66.4 Å². The molecule has 0 atom stereocenters. The Hall–Kier alpha value is -1.57. The van der Waals surface area contributed by atoms with Crippen molar-refractivity contribution in [2.45, 2.75) is 37.9 Å². The van der Waals surface area contributed by atoms with Gasteiger partial charge in [0.05, 0.1) is 10.8 Å². The van der Waals surface area contributed by atoms with Crippen LogP contribution in [0.15, 0.2) is 12.1 Å². The minimum absolute atomic E-state index is 0.0132. The fourth-order valence-corrected chi connectivity index (χ4v) is 3.14. The van der Waals surface area contributed by atoms with Crippen molar-refractivity contribution < 1.29 is 27.9 Å². The number of alkyl halides is 3. The summed E-state index contributed by atoms with van der Waals surface area (Å²) in [6.07, 6.45) is -3.57. The summed E-state index contributed by atoms with van der Waals surface area (Å²) in [6, 6.07) is 2.46. The predicted octanol–water partition coefficient (Wildman–Crippen LogP) is 3.30. The summed E-state index contributed by atoms with van der Waals surface area (Å²) in [5.74, 6) is -2.82. The fraction of sp³-hybridized carbons (Fsp3) is 0.538. The summed E-state index contributed by atoms with van der Waals surface area (Å²) in [7, 11) is 0. The number of hydrogen-bond acceptors (Lipinski definition) is 3. The van der Waals surface area contributed by atoms with E-state index in [0.717, 1.165) is 11.3 Å². The zero-order chi connectivity index (χ0) is 15.6. The molecule has 2 rings (SSSR count). The molecule has 1 fully saturated rings. The Morgan fingerprint density at radius 3 is 2.19 bits per heavy atom. The Morgan fingerprint density at radius 2 is 1.71 bits per heavy atom. The van der Waals surface area contributed by atoms with Gasteiger partial charge in [0.1, 0.15) is 4.88 Å². The lowest BCUT2D eigenvalue weighted by Gasteiger charge is -2.30. The normalized spacial score (nSPS) is 22.8. The smallest absolute Gasteiger partial charge is 0.391 e. The number of rotatable bonds is 3. The SMILES string of the molecule is O=C(O)c1ccc(C(=O)NC2CCC(C(F)(F)F)CC2)s1. The van der Waals surface area contributed by atoms with Crippen LogP contribution in [0.1, 0.15) is 45.0 Å². The zero-order valence-corrected chi connectivity index (χ0v) is 11.8. The molecule has 4 nitrogen and oxygen atoms in total. The molecule has 0 bridgehead atoms. The van der Waals surface area contributed by atoms with Crippen LogP contribution in [0.3, 0.4) is 0 Å². The molecule has 0 spiro atoms. The standard InChI is InChI=1S/C13H14F3NO3S/c14-13(15,16)7-1-3-8(4-2-7)17-11(18)9-5-6-10(21-9)12(19)20/h5-8H,1-4H2,(H,17,18)(H,19,20). The van der Waals surface area contributed by atoms with E-state index in [2.05, 4.69) is 5.32 Å². The van der Waals surface area contributed by atoms with Gasteiger partial charge >= 0.3 is 12.1 Å². The van der Waals surface area contributed by atoms with Crippen molar-refractivity contribution >= 4 is 23.2 Å². The fourth-order valence-electron chi connectivity index (χ4n) is 2.40. The van der Waals surface area contributed by atoms with Gasteiger partial charge < -0.3 is 10.4 Å². The Labute approximate surface area is 123 Å². The molecule has 0 unspecified atom stereocenters. The molecule has 0 aliphatic heterocycles. The molecule has 8 heteroatoms. The molecule has 1 aromatic heterocycles. The quantitative estimate of drug-likeness (QED) is 0.898. The summed E-state index contributed by atoms with van der Waals surface area (Å²) in [6.45, 7) is 0. The second kappa shape index (κ2) is 6.05. The first-order chi connectivity index (χ1) is 9.77. The van der Waals surface area contributed by atoms with Gasteiger partial charge in [0.15, 0.2) is 0 Å². The summed E-state index contributed by atoms with van der Waals surface area (Å²) in [5, 5.41) is 11.4. The second-order valence-electron chi connectivity index (χ2n) is 5.03. The average Bonchev–Trinajstić information content (AvgIpc) is 2.88. The minimum Gasteiger partial charge on any atom is -0.477 e. The Morgan fingerprint density at radius 1 is 1.14 bits per heavy atom. The summed E-state index contributed by atoms with van der Waals surface area (Å²) in [4.78, 5) is 23.0. The average molecular weight is 321 g/mol. The predicted molar refractivity (Wildman–Crippen MR) is 70.5 cm³/mol. The molecule has 2 N–H and O–H groups in total. The molecular weight excluding hydrogens is 307 g/mol. The number of carboxylic acids is 1. The van der Waals surface area contributed by atoms with Gasteiger partial charge in [-0.1, -0.05) is 0 Å². The van der Waals surface area contributed by atoms with Gasteiger partial charge in [-0.25, -0.2) is 4.79 Å². The first kappa shape index (κ1) is 15.8. The van der Waals surface area contributed by atoms with Crippen molar-refractivity contribution in [2.24, 2.45) is 5.92 Å². The maximum absolute atomic E-state index is 12.5. The largest absolute Gasteiger partial charge is 0.477 e. The molecule has 1 heterocycles. The van der Waals surface area contributed by atoms with Gasteiger partial charge in [0.2, 0.25) is 0 Å². The molecule has 0 saturated heterocycles. The van der Waals surface area contributed by atoms with Crippen LogP contribution in [-0.4, -0.2) is 29.2 Å². The van der Waals surface area contributed by atoms with E-state index in [9.17, 15) is 22.8 Å². The number of amides is 1. The van der Waals surface area contributed by atoms with Crippen LogP contribution in [0.2, 0.25) is 0 Å². The third-order valence-electron chi connectivity index (χ3n) is 3.57. The first-order valence-electron chi connectivity index (χ1n) is 6.48. The van der Waals surface area contributed by atoms with Crippen LogP contribution in [0.5, 0.6) is 0 Å². The van der Waals surface area contributed by atoms with Gasteiger partial charge in [0.25, 0.3) is 5.91 Å². The number of carbonyl (C=O) groups excluding carboxylic acids is 1. The van der Waals surface area contributed by atoms with E-state index >= 15 is 0 Å². The number of thiophene rings is 1. The van der Waals surface area contributed by atoms with E-state index in [1.165, 1.54) is 12.1 Å². The monoisotopic (exact) mass is 321 g/mol. The molecular formula is C13H14F3NO3S. The second-order valence-corrected chi connectivity index (χ2v) is 6.12. The third kappa shape index (κ3) is 3.96. The molecule has 0 radical (unpaired) electrons. The minimum atomic E-state index is -4.17. The number of aromatic carboxylic acids is 1. The van der Waals surface area contributed by atoms with Crippen LogP contribution in [0.4, 0.5) is 13.2 Å². The van der Waals surface area contributed by atoms with Crippen LogP contribution < -0.4 is 5.32 Å². The number of carbonyl (C=O) groups is 2. The Balaban J connectivity index is 1.88. The van der Waals surface area contributed by atoms with Crippen molar-refractivity contribution in [3.05, 3.63) is 21.9 Å². The highest BCUT2D eigenvalue weighted by Crippen LogP contribution is 2.37. The molecule has 0 aromatic carbocycles. The van der Waals surface area contributed by atoms with Gasteiger partial charge in [-0.15, -0.1) is 11.3 Å². The van der Waals surface area contributed by atoms with E-state index in [1.54, 1.807) is 0 Å². The third-order valence-corrected chi connectivity index (χ3v) is 4.64. The first-order valence-corrected chi connectivity index (χ1v) is 7.29. The van der Waals surface area contributed by atoms with E-state index in [0.29, 0.717) is 0 Å². The molecule has 1 aliphatic rings. The summed E-state index contributed by atoms with van der Waals surface area (Å²) >= 11 is 0.851. The van der Waals surface area contributed by atoms with Crippen molar-refractivity contribution in [3.8, 4) is 0 Å². The van der Waals surface area contributed by atoms with Gasteiger partial charge in [-0.3, -0.25) is 4.79 Å². The van der Waals surface area contributed by atoms with Crippen molar-refractivity contribution in [1.82, 2.24) is 5.32 Å². The molecule has 1 aromatic rings. The highest BCUT2D eigenvalue weighted by molar-refractivity contribution is 7.15. The van der Waals surface area contributed by atoms with Gasteiger partial charge in [-0.2, -0.15) is 13.2 Å². The van der Waals surface area contributed by atoms with Crippen molar-refractivity contribution in [3.63, 3.8) is 0 Å². The van der Waals surface area contributed by atoms with Crippen LogP contribution in [0.25, 0.3) is 0 Å². The molecule has 1 aliphatic carbocycles. The number of nitrogens with one attached hydrogen (secondary N) is 1. The maximum atomic E-state index is 12.5. The van der Waals surface area contributed by atoms with Crippen LogP contribution in [0, 0.1) is 5.92 Å². The Bertz CT molecular complexity index is 533. The van der Waals surface area contributed by atoms with Crippen LogP contribution in [-0.2, 0) is 0 Å². The highest BCUT2D eigenvalue weighted by Gasteiger charge is 2.41. The lowest BCUT2D eigenvalue weighted by atomic mass is 9.85. The maximum Gasteiger partial charge on any atom is 0.391 e. The zero-order valence-electron chi connectivity index (χ0n) is 10.9. The lowest BCUT2D eigenvalue weighted by molar-refractivity contribution is -0.182. The molecule has 1 amide bonds. The van der Waals surface area contributed by atoms with Crippen molar-refractivity contribution in [1.29, 1.82) is 0 Å². The molecule has 21 heavy (non-hydrogen) atoms. The highest BCUT2D eigenvalue weighted by atomic mass is 32.1. The van der Waals surface area contributed by atoms with E-state index in [4.69, 9.17) is 5.11 Å². The molecule has 116 valence electrons. The van der Waals surface area contributed by atoms with Gasteiger partial charge in [0, 0.05) is 6.04 Å². The van der Waals surface area contributed by atoms with Crippen LogP contribution >= 0.6 is 11.3 Å². The Kier molecular flexibility index (Phi) is 4.55. The number of carboxylic acid groups (broad SMARTS) is 1. The van der Waals surface area contributed by atoms with Gasteiger partial charge in [-0.05, 0) is 37.8 Å². The van der Waals surface area contributed by atoms with Crippen molar-refractivity contribution in [2.75, 3.05) is 0 Å². The molecule has 1 saturated carbocycles. The van der Waals surface area contributed by atoms with E-state index in [1.807, 2.05) is 0 Å². The number of halogens is 3. The van der Waals surface area contributed by atoms with E-state index in [-0.39, 0.29) is 41.5 Å². The summed E-state index contributed by atoms with van der Waals surface area (Å²) in [5.41, 5.74) is 0. The van der Waals surface area contributed by atoms with E-state index < -0.39 is 24.0 Å². The summed E-state index contributed by atoms with van der Waals surface area (Å²) < 4.78 is 37.6.